The molecule has 0 aromatic rings. The van der Waals surface area contributed by atoms with Crippen LogP contribution in [0.5, 0.6) is 0 Å². The minimum atomic E-state index is -2.76. The molecule has 0 saturated carbocycles. The van der Waals surface area contributed by atoms with Crippen LogP contribution in [0.2, 0.25) is 58.9 Å². The maximum Gasteiger partial charge on any atom is 0.567 e. The maximum atomic E-state index is 6.47. The van der Waals surface area contributed by atoms with Gasteiger partial charge >= 0.3 is 8.97 Å². The quantitative estimate of drug-likeness (QED) is 0.664. The monoisotopic (exact) mass is 339 g/mol. The van der Waals surface area contributed by atoms with E-state index in [0.29, 0.717) is 0 Å². The molecule has 0 radical (unpaired) electrons. The van der Waals surface area contributed by atoms with Gasteiger partial charge in [0.1, 0.15) is 0 Å². The van der Waals surface area contributed by atoms with E-state index in [1.807, 2.05) is 14.1 Å². The molecule has 0 fully saturated rings. The second kappa shape index (κ2) is 6.22. The smallest absolute Gasteiger partial charge is 0.405 e. The SMILES string of the molecule is CN(C)[Si](O[Si](C)(C)C)(O[Si](C)(C)C)O[Si](C)(C)C. The molecular weight excluding hydrogens is 306 g/mol. The highest BCUT2D eigenvalue weighted by molar-refractivity contribution is 6.88. The van der Waals surface area contributed by atoms with Crippen molar-refractivity contribution >= 4 is 33.9 Å². The highest BCUT2D eigenvalue weighted by Crippen LogP contribution is 2.26. The largest absolute Gasteiger partial charge is 0.567 e. The lowest BCUT2D eigenvalue weighted by Crippen LogP contribution is -2.68. The average molecular weight is 340 g/mol. The third-order valence-electron chi connectivity index (χ3n) is 1.85. The van der Waals surface area contributed by atoms with Crippen molar-refractivity contribution in [2.24, 2.45) is 0 Å². The van der Waals surface area contributed by atoms with E-state index >= 15 is 0 Å². The van der Waals surface area contributed by atoms with Crippen LogP contribution in [0.25, 0.3) is 0 Å². The number of rotatable bonds is 7. The van der Waals surface area contributed by atoms with Crippen LogP contribution in [-0.4, -0.2) is 52.6 Å². The molecular formula is C11H33NO3Si4. The van der Waals surface area contributed by atoms with Crippen molar-refractivity contribution in [2.45, 2.75) is 58.9 Å². The van der Waals surface area contributed by atoms with E-state index in [4.69, 9.17) is 12.3 Å². The summed E-state index contributed by atoms with van der Waals surface area (Å²) in [4.78, 5) is 0. The Morgan fingerprint density at radius 1 is 0.526 bits per heavy atom. The van der Waals surface area contributed by atoms with Crippen LogP contribution in [0.15, 0.2) is 0 Å². The van der Waals surface area contributed by atoms with Crippen LogP contribution in [-0.2, 0) is 12.3 Å². The first kappa shape index (κ1) is 19.7. The predicted molar refractivity (Wildman–Crippen MR) is 92.7 cm³/mol. The van der Waals surface area contributed by atoms with Gasteiger partial charge in [-0.3, -0.25) is 4.57 Å². The molecule has 0 amide bonds. The fourth-order valence-corrected chi connectivity index (χ4v) is 14.6. The van der Waals surface area contributed by atoms with Crippen LogP contribution in [0.4, 0.5) is 0 Å². The third-order valence-corrected chi connectivity index (χ3v) is 13.4. The summed E-state index contributed by atoms with van der Waals surface area (Å²) in [6.07, 6.45) is 0. The Morgan fingerprint density at radius 2 is 0.737 bits per heavy atom. The van der Waals surface area contributed by atoms with Crippen LogP contribution in [0.1, 0.15) is 0 Å². The first-order valence-corrected chi connectivity index (χ1v) is 18.7. The van der Waals surface area contributed by atoms with Crippen molar-refractivity contribution < 1.29 is 12.3 Å². The fraction of sp³-hybridized carbons (Fsp3) is 1.00. The van der Waals surface area contributed by atoms with E-state index in [-0.39, 0.29) is 0 Å². The molecule has 0 aliphatic heterocycles. The Morgan fingerprint density at radius 3 is 0.842 bits per heavy atom. The molecule has 0 aliphatic rings. The van der Waals surface area contributed by atoms with Crippen molar-refractivity contribution in [3.05, 3.63) is 0 Å². The molecule has 0 N–H and O–H groups in total. The van der Waals surface area contributed by atoms with Crippen LogP contribution in [0, 0.1) is 0 Å². The molecule has 0 saturated heterocycles. The van der Waals surface area contributed by atoms with Gasteiger partial charge in [0, 0.05) is 0 Å². The molecule has 0 aromatic heterocycles. The lowest BCUT2D eigenvalue weighted by Gasteiger charge is -2.45. The summed E-state index contributed by atoms with van der Waals surface area (Å²) in [6, 6.07) is 0. The van der Waals surface area contributed by atoms with Crippen molar-refractivity contribution in [3.63, 3.8) is 0 Å². The molecule has 0 aliphatic carbocycles. The Balaban J connectivity index is 5.48. The predicted octanol–water partition coefficient (Wildman–Crippen LogP) is 3.54. The topological polar surface area (TPSA) is 30.9 Å². The lowest BCUT2D eigenvalue weighted by atomic mass is 11.3. The van der Waals surface area contributed by atoms with E-state index in [0.717, 1.165) is 0 Å². The van der Waals surface area contributed by atoms with Crippen LogP contribution >= 0.6 is 0 Å². The summed E-state index contributed by atoms with van der Waals surface area (Å²) in [5, 5.41) is 0. The highest BCUT2D eigenvalue weighted by Gasteiger charge is 2.53. The zero-order valence-electron chi connectivity index (χ0n) is 14.7. The molecule has 19 heavy (non-hydrogen) atoms. The zero-order chi connectivity index (χ0) is 15.7. The van der Waals surface area contributed by atoms with E-state index < -0.39 is 33.9 Å². The van der Waals surface area contributed by atoms with Gasteiger partial charge < -0.3 is 12.3 Å². The van der Waals surface area contributed by atoms with Crippen LogP contribution < -0.4 is 0 Å². The van der Waals surface area contributed by atoms with Crippen molar-refractivity contribution in [3.8, 4) is 0 Å². The van der Waals surface area contributed by atoms with Crippen molar-refractivity contribution in [1.82, 2.24) is 4.57 Å². The lowest BCUT2D eigenvalue weighted by molar-refractivity contribution is 0.183. The normalized spacial score (nSPS) is 15.2. The standard InChI is InChI=1S/C11H33NO3Si4/c1-12(2)19(13-16(3,4)5,14-17(6,7)8)15-18(9,10)11/h1-11H3. The summed E-state index contributed by atoms with van der Waals surface area (Å²) in [5.74, 6) is 0. The van der Waals surface area contributed by atoms with Gasteiger partial charge in [-0.25, -0.2) is 0 Å². The summed E-state index contributed by atoms with van der Waals surface area (Å²) in [7, 11) is -3.94. The van der Waals surface area contributed by atoms with Crippen molar-refractivity contribution in [2.75, 3.05) is 14.1 Å². The average Bonchev–Trinajstić information content (AvgIpc) is 1.91. The molecule has 116 valence electrons. The Labute approximate surface area is 124 Å². The first-order valence-electron chi connectivity index (χ1n) is 6.84. The van der Waals surface area contributed by atoms with Gasteiger partial charge in [-0.15, -0.1) is 0 Å². The summed E-state index contributed by atoms with van der Waals surface area (Å²) in [5.41, 5.74) is 0. The van der Waals surface area contributed by atoms with E-state index in [1.54, 1.807) is 0 Å². The van der Waals surface area contributed by atoms with E-state index in [1.165, 1.54) is 0 Å². The molecule has 0 unspecified atom stereocenters. The summed E-state index contributed by atoms with van der Waals surface area (Å²) >= 11 is 0. The van der Waals surface area contributed by atoms with Gasteiger partial charge in [0.2, 0.25) is 0 Å². The van der Waals surface area contributed by atoms with Gasteiger partial charge in [-0.2, -0.15) is 0 Å². The molecule has 0 bridgehead atoms. The van der Waals surface area contributed by atoms with Gasteiger partial charge in [0.05, 0.1) is 0 Å². The summed E-state index contributed by atoms with van der Waals surface area (Å²) in [6.45, 7) is 19.7. The minimum Gasteiger partial charge on any atom is -0.405 e. The molecule has 0 aromatic carbocycles. The highest BCUT2D eigenvalue weighted by atomic mass is 28.5. The second-order valence-electron chi connectivity index (χ2n) is 8.06. The van der Waals surface area contributed by atoms with Crippen molar-refractivity contribution in [1.29, 1.82) is 0 Å². The zero-order valence-corrected chi connectivity index (χ0v) is 18.7. The summed E-state index contributed by atoms with van der Waals surface area (Å²) < 4.78 is 21.5. The molecule has 0 rings (SSSR count). The molecule has 0 atom stereocenters. The Bertz CT molecular complexity index is 251. The first-order chi connectivity index (χ1) is 8.06. The number of hydrogen-bond donors (Lipinski definition) is 0. The van der Waals surface area contributed by atoms with Gasteiger partial charge in [-0.1, -0.05) is 0 Å². The van der Waals surface area contributed by atoms with Crippen LogP contribution in [0.3, 0.4) is 0 Å². The number of hydrogen-bond acceptors (Lipinski definition) is 4. The Hall–Kier alpha value is 0.708. The van der Waals surface area contributed by atoms with Gasteiger partial charge in [-0.05, 0) is 73.0 Å². The second-order valence-corrected chi connectivity index (χ2v) is 25.1. The third kappa shape index (κ3) is 8.55. The number of nitrogens with zero attached hydrogens (tertiary/aromatic N) is 1. The van der Waals surface area contributed by atoms with Gasteiger partial charge in [0.15, 0.2) is 25.0 Å². The van der Waals surface area contributed by atoms with Gasteiger partial charge in [0.25, 0.3) is 0 Å². The minimum absolute atomic E-state index is 1.74. The molecule has 0 spiro atoms. The Kier molecular flexibility index (Phi) is 6.45. The molecule has 4 nitrogen and oxygen atoms in total. The molecule has 0 heterocycles. The molecule has 8 heteroatoms. The maximum absolute atomic E-state index is 6.47. The fourth-order valence-electron chi connectivity index (χ4n) is 1.50. The van der Waals surface area contributed by atoms with E-state index in [2.05, 4.69) is 63.5 Å². The van der Waals surface area contributed by atoms with E-state index in [9.17, 15) is 0 Å².